The third-order valence-electron chi connectivity index (χ3n) is 3.90. The number of anilines is 1. The van der Waals surface area contributed by atoms with Gasteiger partial charge in [-0.2, -0.15) is 5.10 Å². The highest BCUT2D eigenvalue weighted by Crippen LogP contribution is 2.22. The number of aromatic amines is 1. The van der Waals surface area contributed by atoms with Crippen LogP contribution in [0.1, 0.15) is 12.3 Å². The van der Waals surface area contributed by atoms with E-state index < -0.39 is 0 Å². The summed E-state index contributed by atoms with van der Waals surface area (Å²) in [6.07, 6.45) is 0.685. The molecule has 0 aliphatic carbocycles. The Morgan fingerprint density at radius 1 is 1.15 bits per heavy atom. The molecule has 0 saturated carbocycles. The van der Waals surface area contributed by atoms with E-state index in [4.69, 9.17) is 16.0 Å². The van der Waals surface area contributed by atoms with Crippen LogP contribution in [0.15, 0.2) is 59.0 Å². The van der Waals surface area contributed by atoms with Gasteiger partial charge in [-0.15, -0.1) is 0 Å². The molecule has 1 amide bonds. The van der Waals surface area contributed by atoms with E-state index in [1.54, 1.807) is 18.2 Å². The molecule has 0 aliphatic heterocycles. The van der Waals surface area contributed by atoms with Crippen molar-refractivity contribution in [1.29, 1.82) is 0 Å². The maximum Gasteiger partial charge on any atom is 0.226 e. The molecule has 0 fully saturated rings. The Morgan fingerprint density at radius 2 is 1.96 bits per heavy atom. The second-order valence-corrected chi connectivity index (χ2v) is 6.23. The number of nitrogens with zero attached hydrogens (tertiary/aromatic N) is 2. The largest absolute Gasteiger partial charge is 0.441 e. The van der Waals surface area contributed by atoms with E-state index in [-0.39, 0.29) is 12.3 Å². The smallest absolute Gasteiger partial charge is 0.226 e. The van der Waals surface area contributed by atoms with Crippen molar-refractivity contribution < 1.29 is 9.21 Å². The molecule has 2 heterocycles. The van der Waals surface area contributed by atoms with Gasteiger partial charge < -0.3 is 9.73 Å². The number of aryl methyl sites for hydroxylation is 1. The fourth-order valence-electron chi connectivity index (χ4n) is 2.62. The highest BCUT2D eigenvalue weighted by molar-refractivity contribution is 6.30. The zero-order chi connectivity index (χ0) is 17.9. The van der Waals surface area contributed by atoms with Crippen LogP contribution in [0.2, 0.25) is 5.02 Å². The number of H-pyrrole nitrogens is 1. The number of halogens is 1. The van der Waals surface area contributed by atoms with Crippen LogP contribution in [0.25, 0.3) is 22.4 Å². The van der Waals surface area contributed by atoms with Crippen LogP contribution >= 0.6 is 11.6 Å². The molecule has 130 valence electrons. The molecule has 0 atom stereocenters. The van der Waals surface area contributed by atoms with Gasteiger partial charge in [-0.1, -0.05) is 35.9 Å². The Balaban J connectivity index is 1.36. The topological polar surface area (TPSA) is 83.8 Å². The van der Waals surface area contributed by atoms with Gasteiger partial charge in [0, 0.05) is 23.9 Å². The van der Waals surface area contributed by atoms with Gasteiger partial charge in [0.25, 0.3) is 0 Å². The number of carbonyl (C=O) groups excluding carboxylic acids is 1. The van der Waals surface area contributed by atoms with E-state index in [1.807, 2.05) is 36.4 Å². The summed E-state index contributed by atoms with van der Waals surface area (Å²) in [4.78, 5) is 16.5. The van der Waals surface area contributed by atoms with Crippen LogP contribution in [-0.4, -0.2) is 21.1 Å². The number of hydrogen-bond acceptors (Lipinski definition) is 4. The van der Waals surface area contributed by atoms with Crippen molar-refractivity contribution in [2.45, 2.75) is 12.8 Å². The van der Waals surface area contributed by atoms with Crippen molar-refractivity contribution in [3.63, 3.8) is 0 Å². The van der Waals surface area contributed by atoms with Gasteiger partial charge in [0.05, 0.1) is 5.69 Å². The highest BCUT2D eigenvalue weighted by atomic mass is 35.5. The summed E-state index contributed by atoms with van der Waals surface area (Å²) in [5, 5.41) is 10.5. The summed E-state index contributed by atoms with van der Waals surface area (Å²) < 4.78 is 5.62. The lowest BCUT2D eigenvalue weighted by molar-refractivity contribution is -0.116. The zero-order valence-electron chi connectivity index (χ0n) is 13.7. The molecule has 0 unspecified atom stereocenters. The van der Waals surface area contributed by atoms with Crippen molar-refractivity contribution in [3.8, 4) is 11.3 Å². The van der Waals surface area contributed by atoms with E-state index in [0.29, 0.717) is 23.2 Å². The molecule has 2 N–H and O–H groups in total. The molecule has 0 aliphatic rings. The van der Waals surface area contributed by atoms with Crippen molar-refractivity contribution in [2.24, 2.45) is 0 Å². The van der Waals surface area contributed by atoms with Crippen molar-refractivity contribution in [2.75, 3.05) is 5.32 Å². The maximum atomic E-state index is 12.1. The fraction of sp³-hybridized carbons (Fsp3) is 0.105. The van der Waals surface area contributed by atoms with E-state index >= 15 is 0 Å². The Morgan fingerprint density at radius 3 is 2.77 bits per heavy atom. The first kappa shape index (κ1) is 16.4. The molecular formula is C19H15ClN4O2. The molecule has 2 aromatic carbocycles. The summed E-state index contributed by atoms with van der Waals surface area (Å²) in [5.41, 5.74) is 3.26. The lowest BCUT2D eigenvalue weighted by atomic mass is 10.1. The van der Waals surface area contributed by atoms with Gasteiger partial charge in [-0.3, -0.25) is 9.89 Å². The van der Waals surface area contributed by atoms with Crippen molar-refractivity contribution >= 4 is 34.4 Å². The van der Waals surface area contributed by atoms with Crippen molar-refractivity contribution in [1.82, 2.24) is 15.2 Å². The van der Waals surface area contributed by atoms with Gasteiger partial charge in [0.1, 0.15) is 5.52 Å². The molecule has 0 spiro atoms. The maximum absolute atomic E-state index is 12.1. The number of para-hydroxylation sites is 2. The van der Waals surface area contributed by atoms with E-state index in [0.717, 1.165) is 22.4 Å². The minimum absolute atomic E-state index is 0.151. The summed E-state index contributed by atoms with van der Waals surface area (Å²) in [6.45, 7) is 0. The molecule has 7 heteroatoms. The van der Waals surface area contributed by atoms with Gasteiger partial charge >= 0.3 is 0 Å². The third-order valence-corrected chi connectivity index (χ3v) is 4.16. The SMILES string of the molecule is O=C(CCc1nc2ccccc2o1)Nc1cc(-c2ccc(Cl)cc2)[nH]n1. The monoisotopic (exact) mass is 366 g/mol. The number of amides is 1. The van der Waals surface area contributed by atoms with Crippen LogP contribution in [0.5, 0.6) is 0 Å². The molecule has 4 rings (SSSR count). The number of rotatable bonds is 5. The van der Waals surface area contributed by atoms with E-state index in [9.17, 15) is 4.79 Å². The molecule has 4 aromatic rings. The second kappa shape index (κ2) is 7.01. The molecule has 26 heavy (non-hydrogen) atoms. The predicted molar refractivity (Wildman–Crippen MR) is 100.0 cm³/mol. The minimum atomic E-state index is -0.151. The summed E-state index contributed by atoms with van der Waals surface area (Å²) >= 11 is 5.89. The predicted octanol–water partition coefficient (Wildman–Crippen LogP) is 4.44. The van der Waals surface area contributed by atoms with Crippen LogP contribution in [0.4, 0.5) is 5.82 Å². The number of nitrogens with one attached hydrogen (secondary N) is 2. The first-order valence-electron chi connectivity index (χ1n) is 8.13. The highest BCUT2D eigenvalue weighted by Gasteiger charge is 2.10. The van der Waals surface area contributed by atoms with Crippen LogP contribution in [-0.2, 0) is 11.2 Å². The number of carbonyl (C=O) groups is 1. The summed E-state index contributed by atoms with van der Waals surface area (Å²) in [6, 6.07) is 16.7. The summed E-state index contributed by atoms with van der Waals surface area (Å²) in [5.74, 6) is 0.865. The minimum Gasteiger partial charge on any atom is -0.441 e. The Bertz CT molecular complexity index is 1020. The van der Waals surface area contributed by atoms with Crippen LogP contribution in [0, 0.1) is 0 Å². The zero-order valence-corrected chi connectivity index (χ0v) is 14.5. The quantitative estimate of drug-likeness (QED) is 0.546. The standard InChI is InChI=1S/C19H15ClN4O2/c20-13-7-5-12(6-8-13)15-11-17(24-23-15)22-18(25)9-10-19-21-14-3-1-2-4-16(14)26-19/h1-8,11H,9-10H2,(H2,22,23,24,25). The lowest BCUT2D eigenvalue weighted by Crippen LogP contribution is -2.12. The molecule has 0 bridgehead atoms. The number of hydrogen-bond donors (Lipinski definition) is 2. The molecule has 0 saturated heterocycles. The van der Waals surface area contributed by atoms with Crippen LogP contribution < -0.4 is 5.32 Å². The average Bonchev–Trinajstić information content (AvgIpc) is 3.27. The number of oxazole rings is 1. The molecule has 6 nitrogen and oxygen atoms in total. The fourth-order valence-corrected chi connectivity index (χ4v) is 2.74. The number of benzene rings is 2. The Kier molecular flexibility index (Phi) is 4.41. The first-order valence-corrected chi connectivity index (χ1v) is 8.51. The second-order valence-electron chi connectivity index (χ2n) is 5.80. The molecule has 2 aromatic heterocycles. The average molecular weight is 367 g/mol. The first-order chi connectivity index (χ1) is 12.7. The Hall–Kier alpha value is -3.12. The van der Waals surface area contributed by atoms with Gasteiger partial charge in [0.15, 0.2) is 17.3 Å². The van der Waals surface area contributed by atoms with E-state index in [2.05, 4.69) is 20.5 Å². The molecular weight excluding hydrogens is 352 g/mol. The lowest BCUT2D eigenvalue weighted by Gasteiger charge is -1.99. The normalized spacial score (nSPS) is 11.0. The van der Waals surface area contributed by atoms with Crippen molar-refractivity contribution in [3.05, 3.63) is 65.5 Å². The molecule has 0 radical (unpaired) electrons. The van der Waals surface area contributed by atoms with E-state index in [1.165, 1.54) is 0 Å². The van der Waals surface area contributed by atoms with Gasteiger partial charge in [-0.05, 0) is 29.8 Å². The third kappa shape index (κ3) is 3.60. The Labute approximate surface area is 154 Å². The van der Waals surface area contributed by atoms with Gasteiger partial charge in [0.2, 0.25) is 5.91 Å². The van der Waals surface area contributed by atoms with Gasteiger partial charge in [-0.25, -0.2) is 4.98 Å². The summed E-state index contributed by atoms with van der Waals surface area (Å²) in [7, 11) is 0. The number of aromatic nitrogens is 3. The van der Waals surface area contributed by atoms with Crippen LogP contribution in [0.3, 0.4) is 0 Å². The number of fused-ring (bicyclic) bond motifs is 1.